The van der Waals surface area contributed by atoms with Crippen LogP contribution in [0.3, 0.4) is 0 Å². The molecule has 0 aromatic heterocycles. The van der Waals surface area contributed by atoms with Gasteiger partial charge in [0.1, 0.15) is 0 Å². The van der Waals surface area contributed by atoms with Crippen LogP contribution < -0.4 is 10.6 Å². The van der Waals surface area contributed by atoms with Gasteiger partial charge in [-0.25, -0.2) is 0 Å². The van der Waals surface area contributed by atoms with Gasteiger partial charge >= 0.3 is 0 Å². The second-order valence-corrected chi connectivity index (χ2v) is 5.63. The summed E-state index contributed by atoms with van der Waals surface area (Å²) in [5, 5.41) is 6.38. The summed E-state index contributed by atoms with van der Waals surface area (Å²) in [6.07, 6.45) is 0. The SMILES string of the molecule is Cc1ccc(NC(=O)CNc2ccccc2Br)c(Cl)c1. The van der Waals surface area contributed by atoms with Crippen molar-refractivity contribution in [2.45, 2.75) is 6.92 Å². The van der Waals surface area contributed by atoms with Crippen molar-refractivity contribution in [3.63, 3.8) is 0 Å². The lowest BCUT2D eigenvalue weighted by Crippen LogP contribution is -2.22. The van der Waals surface area contributed by atoms with Gasteiger partial charge in [0.05, 0.1) is 17.3 Å². The van der Waals surface area contributed by atoms with Gasteiger partial charge in [0.25, 0.3) is 0 Å². The molecular formula is C15H14BrClN2O. The quantitative estimate of drug-likeness (QED) is 0.852. The minimum absolute atomic E-state index is 0.147. The highest BCUT2D eigenvalue weighted by molar-refractivity contribution is 9.10. The number of anilines is 2. The first kappa shape index (κ1) is 14.9. The Hall–Kier alpha value is -1.52. The predicted octanol–water partition coefficient (Wildman–Crippen LogP) is 4.46. The van der Waals surface area contributed by atoms with Gasteiger partial charge in [-0.3, -0.25) is 4.79 Å². The summed E-state index contributed by atoms with van der Waals surface area (Å²) in [6.45, 7) is 2.12. The van der Waals surface area contributed by atoms with Crippen LogP contribution in [0.25, 0.3) is 0 Å². The molecule has 2 N–H and O–H groups in total. The summed E-state index contributed by atoms with van der Waals surface area (Å²) < 4.78 is 0.918. The molecule has 0 saturated heterocycles. The number of rotatable bonds is 4. The van der Waals surface area contributed by atoms with E-state index in [1.807, 2.05) is 43.3 Å². The maximum Gasteiger partial charge on any atom is 0.243 e. The summed E-state index contributed by atoms with van der Waals surface area (Å²) >= 11 is 9.49. The molecule has 0 heterocycles. The Balaban J connectivity index is 1.94. The van der Waals surface area contributed by atoms with Gasteiger partial charge in [-0.2, -0.15) is 0 Å². The first-order chi connectivity index (χ1) is 9.56. The first-order valence-corrected chi connectivity index (χ1v) is 7.28. The molecule has 5 heteroatoms. The predicted molar refractivity (Wildman–Crippen MR) is 87.5 cm³/mol. The van der Waals surface area contributed by atoms with Crippen molar-refractivity contribution in [3.05, 3.63) is 57.5 Å². The summed E-state index contributed by atoms with van der Waals surface area (Å²) in [5.41, 5.74) is 2.55. The van der Waals surface area contributed by atoms with Gasteiger partial charge in [0.15, 0.2) is 0 Å². The van der Waals surface area contributed by atoms with Gasteiger partial charge < -0.3 is 10.6 Å². The molecule has 1 amide bonds. The van der Waals surface area contributed by atoms with Gasteiger partial charge in [-0.15, -0.1) is 0 Å². The zero-order chi connectivity index (χ0) is 14.5. The highest BCUT2D eigenvalue weighted by atomic mass is 79.9. The highest BCUT2D eigenvalue weighted by Crippen LogP contribution is 2.23. The molecule has 2 aromatic carbocycles. The zero-order valence-corrected chi connectivity index (χ0v) is 13.3. The minimum Gasteiger partial charge on any atom is -0.375 e. The molecule has 0 fully saturated rings. The highest BCUT2D eigenvalue weighted by Gasteiger charge is 2.06. The molecule has 0 saturated carbocycles. The second-order valence-electron chi connectivity index (χ2n) is 4.36. The molecular weight excluding hydrogens is 340 g/mol. The molecule has 0 aliphatic rings. The molecule has 0 radical (unpaired) electrons. The van der Waals surface area contributed by atoms with Gasteiger partial charge in [-0.1, -0.05) is 29.8 Å². The van der Waals surface area contributed by atoms with E-state index < -0.39 is 0 Å². The fourth-order valence-electron chi connectivity index (χ4n) is 1.70. The molecule has 0 aliphatic carbocycles. The Morgan fingerprint density at radius 2 is 1.95 bits per heavy atom. The molecule has 0 aliphatic heterocycles. The van der Waals surface area contributed by atoms with E-state index in [-0.39, 0.29) is 12.5 Å². The number of amides is 1. The molecule has 0 bridgehead atoms. The van der Waals surface area contributed by atoms with Crippen LogP contribution in [-0.2, 0) is 4.79 Å². The molecule has 0 spiro atoms. The van der Waals surface area contributed by atoms with Crippen molar-refractivity contribution < 1.29 is 4.79 Å². The van der Waals surface area contributed by atoms with Crippen molar-refractivity contribution in [2.24, 2.45) is 0 Å². The zero-order valence-electron chi connectivity index (χ0n) is 10.9. The Kier molecular flexibility index (Phi) is 5.04. The van der Waals surface area contributed by atoms with E-state index in [1.54, 1.807) is 6.07 Å². The Labute approximate surface area is 131 Å². The third kappa shape index (κ3) is 3.99. The number of carbonyl (C=O) groups excluding carboxylic acids is 1. The fourth-order valence-corrected chi connectivity index (χ4v) is 2.40. The van der Waals surface area contributed by atoms with Crippen molar-refractivity contribution in [1.82, 2.24) is 0 Å². The topological polar surface area (TPSA) is 41.1 Å². The molecule has 2 aromatic rings. The van der Waals surface area contributed by atoms with Crippen molar-refractivity contribution in [1.29, 1.82) is 0 Å². The van der Waals surface area contributed by atoms with Crippen LogP contribution >= 0.6 is 27.5 Å². The van der Waals surface area contributed by atoms with Crippen molar-refractivity contribution in [3.8, 4) is 0 Å². The molecule has 0 atom stereocenters. The standard InChI is InChI=1S/C15H14BrClN2O/c1-10-6-7-14(12(17)8-10)19-15(20)9-18-13-5-3-2-4-11(13)16/h2-8,18H,9H2,1H3,(H,19,20). The largest absolute Gasteiger partial charge is 0.375 e. The van der Waals surface area contributed by atoms with Crippen molar-refractivity contribution in [2.75, 3.05) is 17.2 Å². The maximum absolute atomic E-state index is 11.9. The smallest absolute Gasteiger partial charge is 0.243 e. The van der Waals surface area contributed by atoms with Crippen LogP contribution in [0, 0.1) is 6.92 Å². The van der Waals surface area contributed by atoms with Gasteiger partial charge in [0, 0.05) is 10.2 Å². The van der Waals surface area contributed by atoms with E-state index in [4.69, 9.17) is 11.6 Å². The normalized spacial score (nSPS) is 10.2. The average Bonchev–Trinajstić information content (AvgIpc) is 2.41. The second kappa shape index (κ2) is 6.77. The minimum atomic E-state index is -0.147. The summed E-state index contributed by atoms with van der Waals surface area (Å²) in [5.74, 6) is -0.147. The number of carbonyl (C=O) groups is 1. The number of para-hydroxylation sites is 1. The van der Waals surface area contributed by atoms with E-state index in [1.165, 1.54) is 0 Å². The van der Waals surface area contributed by atoms with E-state index in [9.17, 15) is 4.79 Å². The molecule has 20 heavy (non-hydrogen) atoms. The lowest BCUT2D eigenvalue weighted by molar-refractivity contribution is -0.114. The number of hydrogen-bond acceptors (Lipinski definition) is 2. The van der Waals surface area contributed by atoms with E-state index in [2.05, 4.69) is 26.6 Å². The number of nitrogens with one attached hydrogen (secondary N) is 2. The Morgan fingerprint density at radius 1 is 1.20 bits per heavy atom. The monoisotopic (exact) mass is 352 g/mol. The van der Waals surface area contributed by atoms with Crippen LogP contribution in [0.4, 0.5) is 11.4 Å². The third-order valence-electron chi connectivity index (χ3n) is 2.71. The van der Waals surface area contributed by atoms with Crippen LogP contribution in [0.15, 0.2) is 46.9 Å². The lowest BCUT2D eigenvalue weighted by Gasteiger charge is -2.10. The van der Waals surface area contributed by atoms with Crippen molar-refractivity contribution >= 4 is 44.8 Å². The Morgan fingerprint density at radius 3 is 2.65 bits per heavy atom. The third-order valence-corrected chi connectivity index (χ3v) is 3.72. The summed E-state index contributed by atoms with van der Waals surface area (Å²) in [6, 6.07) is 13.2. The molecule has 3 nitrogen and oxygen atoms in total. The van der Waals surface area contributed by atoms with E-state index >= 15 is 0 Å². The molecule has 0 unspecified atom stereocenters. The Bertz CT molecular complexity index is 631. The van der Waals surface area contributed by atoms with E-state index in [0.717, 1.165) is 15.7 Å². The van der Waals surface area contributed by atoms with Gasteiger partial charge in [-0.05, 0) is 52.7 Å². The number of hydrogen-bond donors (Lipinski definition) is 2. The molecule has 2 rings (SSSR count). The number of aryl methyl sites for hydroxylation is 1. The van der Waals surface area contributed by atoms with Crippen LogP contribution in [-0.4, -0.2) is 12.5 Å². The van der Waals surface area contributed by atoms with Crippen LogP contribution in [0.5, 0.6) is 0 Å². The van der Waals surface area contributed by atoms with Gasteiger partial charge in [0.2, 0.25) is 5.91 Å². The average molecular weight is 354 g/mol. The van der Waals surface area contributed by atoms with Crippen LogP contribution in [0.1, 0.15) is 5.56 Å². The number of halogens is 2. The van der Waals surface area contributed by atoms with Crippen LogP contribution in [0.2, 0.25) is 5.02 Å². The molecule has 104 valence electrons. The maximum atomic E-state index is 11.9. The lowest BCUT2D eigenvalue weighted by atomic mass is 10.2. The first-order valence-electron chi connectivity index (χ1n) is 6.10. The van der Waals surface area contributed by atoms with E-state index in [0.29, 0.717) is 10.7 Å². The number of benzene rings is 2. The summed E-state index contributed by atoms with van der Waals surface area (Å²) in [4.78, 5) is 11.9. The fraction of sp³-hybridized carbons (Fsp3) is 0.133. The summed E-state index contributed by atoms with van der Waals surface area (Å²) in [7, 11) is 0.